The average Bonchev–Trinajstić information content (AvgIpc) is 3.09. The van der Waals surface area contributed by atoms with Gasteiger partial charge in [0.05, 0.1) is 22.1 Å². The third-order valence-corrected chi connectivity index (χ3v) is 6.67. The number of carbonyl (C=O) groups excluding carboxylic acids is 1. The van der Waals surface area contributed by atoms with Gasteiger partial charge in [0.25, 0.3) is 10.0 Å². The standard InChI is InChI=1S/C14H9Cl2NO4S2/c1-21-14(18)12-6-8-4-5-22-13(8)17(12)23(19,20)9-2-3-10(15)11(16)7-9/h2-7H,1H3. The van der Waals surface area contributed by atoms with Crippen LogP contribution in [0.2, 0.25) is 10.0 Å². The number of nitrogens with zero attached hydrogens (tertiary/aromatic N) is 1. The molecule has 0 saturated heterocycles. The normalized spacial score (nSPS) is 11.8. The Bertz CT molecular complexity index is 1020. The largest absolute Gasteiger partial charge is 0.464 e. The van der Waals surface area contributed by atoms with Gasteiger partial charge < -0.3 is 4.74 Å². The monoisotopic (exact) mass is 389 g/mol. The zero-order valence-electron chi connectivity index (χ0n) is 11.6. The quantitative estimate of drug-likeness (QED) is 0.634. The SMILES string of the molecule is COC(=O)c1cc2ccsc2n1S(=O)(=O)c1ccc(Cl)c(Cl)c1. The number of hydrogen-bond acceptors (Lipinski definition) is 5. The number of methoxy groups -OCH3 is 1. The Labute approximate surface area is 146 Å². The predicted molar refractivity (Wildman–Crippen MR) is 90.2 cm³/mol. The second-order valence-corrected chi connectivity index (χ2v) is 8.04. The summed E-state index contributed by atoms with van der Waals surface area (Å²) in [5.74, 6) is -0.739. The van der Waals surface area contributed by atoms with Crippen LogP contribution in [0.1, 0.15) is 10.5 Å². The highest BCUT2D eigenvalue weighted by Crippen LogP contribution is 2.32. The van der Waals surface area contributed by atoms with Crippen LogP contribution in [-0.4, -0.2) is 25.5 Å². The maximum Gasteiger partial charge on any atom is 0.355 e. The number of fused-ring (bicyclic) bond motifs is 1. The first-order valence-electron chi connectivity index (χ1n) is 6.24. The summed E-state index contributed by atoms with van der Waals surface area (Å²) in [7, 11) is -2.84. The molecule has 0 unspecified atom stereocenters. The maximum absolute atomic E-state index is 13.0. The number of thiophene rings is 1. The molecule has 0 amide bonds. The molecule has 0 atom stereocenters. The van der Waals surface area contributed by atoms with E-state index in [1.54, 1.807) is 11.4 Å². The van der Waals surface area contributed by atoms with Crippen LogP contribution in [0.5, 0.6) is 0 Å². The van der Waals surface area contributed by atoms with E-state index in [1.165, 1.54) is 42.7 Å². The highest BCUT2D eigenvalue weighted by Gasteiger charge is 2.28. The van der Waals surface area contributed by atoms with Crippen LogP contribution >= 0.6 is 34.5 Å². The van der Waals surface area contributed by atoms with Gasteiger partial charge in [-0.25, -0.2) is 17.2 Å². The summed E-state index contributed by atoms with van der Waals surface area (Å²) in [4.78, 5) is 12.3. The molecular formula is C14H9Cl2NO4S2. The van der Waals surface area contributed by atoms with Crippen molar-refractivity contribution >= 4 is 60.7 Å². The fraction of sp³-hybridized carbons (Fsp3) is 0.0714. The number of aromatic nitrogens is 1. The zero-order valence-corrected chi connectivity index (χ0v) is 14.8. The van der Waals surface area contributed by atoms with Gasteiger partial charge in [-0.05, 0) is 35.7 Å². The molecule has 3 rings (SSSR count). The Hall–Kier alpha value is -1.54. The number of carbonyl (C=O) groups is 1. The molecule has 0 saturated carbocycles. The summed E-state index contributed by atoms with van der Waals surface area (Å²) in [6.45, 7) is 0. The Morgan fingerprint density at radius 1 is 1.17 bits per heavy atom. The number of benzene rings is 1. The van der Waals surface area contributed by atoms with E-state index < -0.39 is 16.0 Å². The maximum atomic E-state index is 13.0. The van der Waals surface area contributed by atoms with Gasteiger partial charge in [0.2, 0.25) is 0 Å². The van der Waals surface area contributed by atoms with Crippen molar-refractivity contribution in [2.75, 3.05) is 7.11 Å². The number of esters is 1. The van der Waals surface area contributed by atoms with Gasteiger partial charge in [0, 0.05) is 5.39 Å². The van der Waals surface area contributed by atoms with Crippen molar-refractivity contribution in [3.8, 4) is 0 Å². The van der Waals surface area contributed by atoms with Crippen molar-refractivity contribution in [2.45, 2.75) is 4.90 Å². The minimum absolute atomic E-state index is 0.0667. The lowest BCUT2D eigenvalue weighted by molar-refractivity contribution is 0.0593. The van der Waals surface area contributed by atoms with E-state index in [1.807, 2.05) is 0 Å². The fourth-order valence-corrected chi connectivity index (χ4v) is 5.14. The summed E-state index contributed by atoms with van der Waals surface area (Å²) in [6, 6.07) is 7.19. The fourth-order valence-electron chi connectivity index (χ4n) is 2.13. The average molecular weight is 390 g/mol. The molecule has 0 spiro atoms. The predicted octanol–water partition coefficient (Wildman–Crippen LogP) is 4.03. The third-order valence-electron chi connectivity index (χ3n) is 3.19. The van der Waals surface area contributed by atoms with E-state index in [0.29, 0.717) is 10.2 Å². The highest BCUT2D eigenvalue weighted by molar-refractivity contribution is 7.90. The number of hydrogen-bond donors (Lipinski definition) is 0. The molecule has 0 fully saturated rings. The molecule has 0 bridgehead atoms. The number of ether oxygens (including phenoxy) is 1. The van der Waals surface area contributed by atoms with Crippen LogP contribution in [0.4, 0.5) is 0 Å². The van der Waals surface area contributed by atoms with E-state index in [4.69, 9.17) is 23.2 Å². The van der Waals surface area contributed by atoms with Crippen molar-refractivity contribution in [2.24, 2.45) is 0 Å². The number of halogens is 2. The topological polar surface area (TPSA) is 65.4 Å². The molecule has 120 valence electrons. The van der Waals surface area contributed by atoms with Crippen LogP contribution in [0.25, 0.3) is 10.2 Å². The van der Waals surface area contributed by atoms with Crippen LogP contribution in [0.15, 0.2) is 40.6 Å². The van der Waals surface area contributed by atoms with Gasteiger partial charge in [-0.3, -0.25) is 0 Å². The summed E-state index contributed by atoms with van der Waals surface area (Å²) >= 11 is 13.0. The molecule has 2 heterocycles. The first-order chi connectivity index (χ1) is 10.9. The molecular weight excluding hydrogens is 381 g/mol. The Kier molecular flexibility index (Phi) is 4.14. The molecule has 23 heavy (non-hydrogen) atoms. The van der Waals surface area contributed by atoms with Crippen molar-refractivity contribution in [3.63, 3.8) is 0 Å². The molecule has 0 radical (unpaired) electrons. The third kappa shape index (κ3) is 2.63. The van der Waals surface area contributed by atoms with Gasteiger partial charge in [-0.15, -0.1) is 11.3 Å². The molecule has 5 nitrogen and oxygen atoms in total. The van der Waals surface area contributed by atoms with Crippen LogP contribution in [0, 0.1) is 0 Å². The summed E-state index contributed by atoms with van der Waals surface area (Å²) in [5.41, 5.74) is -0.0691. The molecule has 2 aromatic heterocycles. The van der Waals surface area contributed by atoms with Gasteiger partial charge in [-0.1, -0.05) is 23.2 Å². The van der Waals surface area contributed by atoms with Gasteiger partial charge in [-0.2, -0.15) is 0 Å². The Morgan fingerprint density at radius 3 is 2.57 bits per heavy atom. The van der Waals surface area contributed by atoms with Crippen molar-refractivity contribution in [1.82, 2.24) is 3.97 Å². The van der Waals surface area contributed by atoms with Crippen molar-refractivity contribution in [3.05, 3.63) is 51.5 Å². The Morgan fingerprint density at radius 2 is 1.91 bits per heavy atom. The van der Waals surface area contributed by atoms with Gasteiger partial charge >= 0.3 is 5.97 Å². The molecule has 3 aromatic rings. The van der Waals surface area contributed by atoms with Crippen molar-refractivity contribution in [1.29, 1.82) is 0 Å². The van der Waals surface area contributed by atoms with Gasteiger partial charge in [0.1, 0.15) is 10.5 Å². The molecule has 0 aliphatic carbocycles. The van der Waals surface area contributed by atoms with E-state index in [-0.39, 0.29) is 20.6 Å². The smallest absolute Gasteiger partial charge is 0.355 e. The van der Waals surface area contributed by atoms with Crippen molar-refractivity contribution < 1.29 is 17.9 Å². The van der Waals surface area contributed by atoms with Crippen LogP contribution in [0.3, 0.4) is 0 Å². The molecule has 9 heteroatoms. The van der Waals surface area contributed by atoms with Crippen LogP contribution < -0.4 is 0 Å². The lowest BCUT2D eigenvalue weighted by Gasteiger charge is -2.10. The van der Waals surface area contributed by atoms with E-state index >= 15 is 0 Å². The van der Waals surface area contributed by atoms with E-state index in [9.17, 15) is 13.2 Å². The van der Waals surface area contributed by atoms with Gasteiger partial charge in [0.15, 0.2) is 0 Å². The minimum Gasteiger partial charge on any atom is -0.464 e. The first-order valence-corrected chi connectivity index (χ1v) is 9.31. The molecule has 0 aliphatic rings. The number of rotatable bonds is 3. The molecule has 0 aliphatic heterocycles. The van der Waals surface area contributed by atoms with E-state index in [2.05, 4.69) is 4.74 Å². The molecule has 0 N–H and O–H groups in total. The van der Waals surface area contributed by atoms with Crippen LogP contribution in [-0.2, 0) is 14.8 Å². The lowest BCUT2D eigenvalue weighted by atomic mass is 10.4. The zero-order chi connectivity index (χ0) is 16.8. The molecule has 1 aromatic carbocycles. The van der Waals surface area contributed by atoms with E-state index in [0.717, 1.165) is 3.97 Å². The minimum atomic E-state index is -4.03. The second-order valence-electron chi connectivity index (χ2n) is 4.55. The highest BCUT2D eigenvalue weighted by atomic mass is 35.5. The lowest BCUT2D eigenvalue weighted by Crippen LogP contribution is -2.18. The summed E-state index contributed by atoms with van der Waals surface area (Å²) in [6.07, 6.45) is 0. The Balaban J connectivity index is 2.31. The first kappa shape index (κ1) is 16.3. The summed E-state index contributed by atoms with van der Waals surface area (Å²) < 4.78 is 31.6. The second kappa shape index (κ2) is 5.83. The summed E-state index contributed by atoms with van der Waals surface area (Å²) in [5, 5.41) is 2.74.